The number of hydrogen-bond acceptors (Lipinski definition) is 2. The average molecular weight is 436 g/mol. The molecule has 0 saturated heterocycles. The van der Waals surface area contributed by atoms with Crippen LogP contribution in [0.15, 0.2) is 121 Å². The molecule has 30 heavy (non-hydrogen) atoms. The minimum absolute atomic E-state index is 0.469. The molecule has 4 nitrogen and oxygen atoms in total. The van der Waals surface area contributed by atoms with Gasteiger partial charge >= 0.3 is 0 Å². The van der Waals surface area contributed by atoms with Crippen molar-refractivity contribution >= 4 is 36.0 Å². The van der Waals surface area contributed by atoms with Gasteiger partial charge in [-0.3, -0.25) is 9.13 Å². The van der Waals surface area contributed by atoms with Crippen LogP contribution in [0.1, 0.15) is 0 Å². The molecule has 0 atom stereocenters. The van der Waals surface area contributed by atoms with Gasteiger partial charge in [0.2, 0.25) is 0 Å². The average Bonchev–Trinajstić information content (AvgIpc) is 2.82. The second-order valence-electron chi connectivity index (χ2n) is 6.49. The van der Waals surface area contributed by atoms with Crippen molar-refractivity contribution in [1.29, 1.82) is 0 Å². The van der Waals surface area contributed by atoms with Crippen molar-refractivity contribution in [3.05, 3.63) is 121 Å². The lowest BCUT2D eigenvalue weighted by Gasteiger charge is -2.11. The zero-order chi connectivity index (χ0) is 21.5. The van der Waals surface area contributed by atoms with E-state index in [9.17, 15) is 18.9 Å². The van der Waals surface area contributed by atoms with Crippen molar-refractivity contribution in [2.75, 3.05) is 0 Å². The Bertz CT molecular complexity index is 967. The van der Waals surface area contributed by atoms with Gasteiger partial charge in [0.25, 0.3) is 14.7 Å². The predicted octanol–water partition coefficient (Wildman–Crippen LogP) is 3.82. The fraction of sp³-hybridized carbons (Fsp3) is 0. The fourth-order valence-corrected chi connectivity index (χ4v) is 5.72. The van der Waals surface area contributed by atoms with Crippen LogP contribution in [0.4, 0.5) is 0 Å². The molecule has 0 amide bonds. The van der Waals surface area contributed by atoms with Gasteiger partial charge in [0, 0.05) is 21.2 Å². The highest BCUT2D eigenvalue weighted by Crippen LogP contribution is 2.38. The van der Waals surface area contributed by atoms with Gasteiger partial charge in [-0.15, -0.1) is 0 Å². The van der Waals surface area contributed by atoms with Crippen LogP contribution in [0.2, 0.25) is 0 Å². The molecule has 0 aliphatic heterocycles. The van der Waals surface area contributed by atoms with Crippen molar-refractivity contribution in [1.82, 2.24) is 0 Å². The van der Waals surface area contributed by atoms with Gasteiger partial charge in [0.1, 0.15) is 0 Å². The Hall–Kier alpha value is -2.74. The Morgan fingerprint density at radius 2 is 0.533 bits per heavy atom. The summed E-state index contributed by atoms with van der Waals surface area (Å²) in [6.45, 7) is 0. The Kier molecular flexibility index (Phi) is 7.20. The molecule has 0 aliphatic carbocycles. The smallest absolute Gasteiger partial charge is 0.258 e. The van der Waals surface area contributed by atoms with Gasteiger partial charge in [-0.2, -0.15) is 0 Å². The summed E-state index contributed by atoms with van der Waals surface area (Å²) in [6.07, 6.45) is 0. The van der Waals surface area contributed by atoms with Gasteiger partial charge in [-0.1, -0.05) is 72.8 Å². The highest BCUT2D eigenvalue weighted by atomic mass is 31.2. The van der Waals surface area contributed by atoms with E-state index in [0.29, 0.717) is 21.2 Å². The second-order valence-corrected chi connectivity index (χ2v) is 10.9. The summed E-state index contributed by atoms with van der Waals surface area (Å²) in [5.74, 6) is 0. The van der Waals surface area contributed by atoms with Gasteiger partial charge in [-0.05, 0) is 48.5 Å². The molecular weight excluding hydrogens is 414 g/mol. The van der Waals surface area contributed by atoms with Gasteiger partial charge in [0.05, 0.1) is 0 Å². The third-order valence-corrected chi connectivity index (χ3v) is 8.42. The van der Waals surface area contributed by atoms with Crippen molar-refractivity contribution in [2.24, 2.45) is 0 Å². The van der Waals surface area contributed by atoms with Crippen LogP contribution in [0.3, 0.4) is 0 Å². The summed E-state index contributed by atoms with van der Waals surface area (Å²) in [7, 11) is -6.79. The molecule has 4 aromatic carbocycles. The summed E-state index contributed by atoms with van der Waals surface area (Å²) in [5, 5.41) is 1.87. The molecule has 0 bridgehead atoms. The molecule has 0 spiro atoms. The van der Waals surface area contributed by atoms with E-state index in [1.54, 1.807) is 97.1 Å². The number of rotatable bonds is 4. The van der Waals surface area contributed by atoms with Crippen molar-refractivity contribution < 1.29 is 18.9 Å². The summed E-state index contributed by atoms with van der Waals surface area (Å²) in [4.78, 5) is 20.0. The van der Waals surface area contributed by atoms with Crippen molar-refractivity contribution in [3.8, 4) is 0 Å². The Labute approximate surface area is 176 Å². The standard InChI is InChI=1S/2C12H11O2P/c2*13-15(14,11-7-3-1-4-8-11)12-9-5-2-6-10-12/h2*1-10H,(H,13,14). The van der Waals surface area contributed by atoms with E-state index in [-0.39, 0.29) is 0 Å². The van der Waals surface area contributed by atoms with E-state index < -0.39 is 14.7 Å². The third-order valence-electron chi connectivity index (χ3n) is 4.42. The molecule has 4 aromatic rings. The molecule has 0 heterocycles. The topological polar surface area (TPSA) is 74.6 Å². The molecule has 6 heteroatoms. The fourth-order valence-electron chi connectivity index (χ4n) is 2.82. The van der Waals surface area contributed by atoms with Gasteiger partial charge < -0.3 is 9.79 Å². The van der Waals surface area contributed by atoms with Crippen LogP contribution in [0, 0.1) is 0 Å². The quantitative estimate of drug-likeness (QED) is 0.477. The predicted molar refractivity (Wildman–Crippen MR) is 124 cm³/mol. The summed E-state index contributed by atoms with van der Waals surface area (Å²) >= 11 is 0. The third kappa shape index (κ3) is 5.24. The lowest BCUT2D eigenvalue weighted by atomic mass is 10.4. The molecule has 0 unspecified atom stereocenters. The maximum Gasteiger partial charge on any atom is 0.258 e. The molecule has 2 N–H and O–H groups in total. The van der Waals surface area contributed by atoms with Crippen LogP contribution >= 0.6 is 14.7 Å². The minimum Gasteiger partial charge on any atom is -0.338 e. The van der Waals surface area contributed by atoms with E-state index in [4.69, 9.17) is 0 Å². The molecule has 4 rings (SSSR count). The first-order chi connectivity index (χ1) is 14.4. The zero-order valence-corrected chi connectivity index (χ0v) is 17.9. The van der Waals surface area contributed by atoms with Gasteiger partial charge in [-0.25, -0.2) is 0 Å². The summed E-state index contributed by atoms with van der Waals surface area (Å²) in [6, 6.07) is 34.8. The largest absolute Gasteiger partial charge is 0.338 e. The maximum atomic E-state index is 12.2. The molecule has 0 fully saturated rings. The van der Waals surface area contributed by atoms with E-state index in [1.165, 1.54) is 0 Å². The van der Waals surface area contributed by atoms with E-state index >= 15 is 0 Å². The first-order valence-corrected chi connectivity index (χ1v) is 12.6. The summed E-state index contributed by atoms with van der Waals surface area (Å²) < 4.78 is 24.3. The highest BCUT2D eigenvalue weighted by molar-refractivity contribution is 7.73. The molecular formula is C24H22O4P2. The van der Waals surface area contributed by atoms with E-state index in [2.05, 4.69) is 0 Å². The molecule has 0 aromatic heterocycles. The number of hydrogen-bond donors (Lipinski definition) is 2. The minimum atomic E-state index is -3.40. The molecule has 0 saturated carbocycles. The van der Waals surface area contributed by atoms with Crippen LogP contribution in [0.25, 0.3) is 0 Å². The maximum absolute atomic E-state index is 12.2. The van der Waals surface area contributed by atoms with E-state index in [0.717, 1.165) is 0 Å². The lowest BCUT2D eigenvalue weighted by molar-refractivity contribution is 0.499. The Balaban J connectivity index is 0.000000171. The Morgan fingerprint density at radius 3 is 0.700 bits per heavy atom. The van der Waals surface area contributed by atoms with Crippen LogP contribution in [-0.4, -0.2) is 9.79 Å². The molecule has 0 radical (unpaired) electrons. The molecule has 152 valence electrons. The normalized spacial score (nSPS) is 11.3. The highest BCUT2D eigenvalue weighted by Gasteiger charge is 2.23. The second kappa shape index (κ2) is 9.84. The van der Waals surface area contributed by atoms with Crippen LogP contribution in [0.5, 0.6) is 0 Å². The van der Waals surface area contributed by atoms with Crippen molar-refractivity contribution in [2.45, 2.75) is 0 Å². The first-order valence-electron chi connectivity index (χ1n) is 9.30. The van der Waals surface area contributed by atoms with Crippen LogP contribution in [-0.2, 0) is 9.13 Å². The molecule has 0 aliphatic rings. The monoisotopic (exact) mass is 436 g/mol. The number of benzene rings is 4. The zero-order valence-electron chi connectivity index (χ0n) is 16.2. The SMILES string of the molecule is O=P(O)(c1ccccc1)c1ccccc1.O=P(O)(c1ccccc1)c1ccccc1. The van der Waals surface area contributed by atoms with Gasteiger partial charge in [0.15, 0.2) is 0 Å². The first kappa shape index (κ1) is 22.0. The van der Waals surface area contributed by atoms with Crippen LogP contribution < -0.4 is 21.2 Å². The van der Waals surface area contributed by atoms with E-state index in [1.807, 2.05) is 24.3 Å². The lowest BCUT2D eigenvalue weighted by Crippen LogP contribution is -2.14. The summed E-state index contributed by atoms with van der Waals surface area (Å²) in [5.41, 5.74) is 0. The Morgan fingerprint density at radius 1 is 0.367 bits per heavy atom. The van der Waals surface area contributed by atoms with Crippen molar-refractivity contribution in [3.63, 3.8) is 0 Å².